The van der Waals surface area contributed by atoms with Gasteiger partial charge in [-0.1, -0.05) is 19.9 Å². The topological polar surface area (TPSA) is 36.4 Å². The van der Waals surface area contributed by atoms with Crippen LogP contribution in [-0.2, 0) is 0 Å². The van der Waals surface area contributed by atoms with E-state index in [4.69, 9.17) is 0 Å². The van der Waals surface area contributed by atoms with Crippen molar-refractivity contribution in [2.75, 3.05) is 18.0 Å². The minimum Gasteiger partial charge on any atom is -0.389 e. The van der Waals surface area contributed by atoms with Crippen LogP contribution in [0.25, 0.3) is 0 Å². The minimum atomic E-state index is -0.451. The lowest BCUT2D eigenvalue weighted by Crippen LogP contribution is -2.27. The number of pyridine rings is 1. The smallest absolute Gasteiger partial charge is 0.134 e. The van der Waals surface area contributed by atoms with Crippen LogP contribution in [0, 0.1) is 11.8 Å². The summed E-state index contributed by atoms with van der Waals surface area (Å²) in [7, 11) is 0. The molecule has 1 aromatic heterocycles. The van der Waals surface area contributed by atoms with Gasteiger partial charge in [-0.05, 0) is 44.1 Å². The Morgan fingerprint density at radius 3 is 2.74 bits per heavy atom. The first kappa shape index (κ1) is 14.3. The Morgan fingerprint density at radius 2 is 2.05 bits per heavy atom. The molecule has 1 saturated heterocycles. The van der Waals surface area contributed by atoms with Gasteiger partial charge in [0.2, 0.25) is 0 Å². The van der Waals surface area contributed by atoms with Gasteiger partial charge < -0.3 is 10.0 Å². The molecule has 0 saturated carbocycles. The van der Waals surface area contributed by atoms with Crippen molar-refractivity contribution in [2.24, 2.45) is 11.8 Å². The van der Waals surface area contributed by atoms with Crippen LogP contribution in [0.2, 0.25) is 0 Å². The largest absolute Gasteiger partial charge is 0.389 e. The number of nitrogens with zero attached hydrogens (tertiary/aromatic N) is 2. The molecule has 19 heavy (non-hydrogen) atoms. The summed E-state index contributed by atoms with van der Waals surface area (Å²) in [4.78, 5) is 6.85. The molecule has 1 fully saturated rings. The summed E-state index contributed by atoms with van der Waals surface area (Å²) in [5.41, 5.74) is 0.950. The predicted octanol–water partition coefficient (Wildman–Crippen LogP) is 3.40. The molecule has 2 atom stereocenters. The first-order valence-electron chi connectivity index (χ1n) is 7.47. The molecule has 0 spiro atoms. The quantitative estimate of drug-likeness (QED) is 0.907. The molecule has 0 aromatic carbocycles. The second-order valence-corrected chi connectivity index (χ2v) is 6.01. The van der Waals surface area contributed by atoms with Gasteiger partial charge in [0.05, 0.1) is 6.10 Å². The third-order valence-corrected chi connectivity index (χ3v) is 4.28. The average Bonchev–Trinajstić information content (AvgIpc) is 2.64. The van der Waals surface area contributed by atoms with Crippen LogP contribution >= 0.6 is 0 Å². The Bertz CT molecular complexity index is 403. The van der Waals surface area contributed by atoms with Gasteiger partial charge in [0.25, 0.3) is 0 Å². The molecule has 106 valence electrons. The van der Waals surface area contributed by atoms with Crippen molar-refractivity contribution in [3.8, 4) is 0 Å². The Morgan fingerprint density at radius 1 is 1.26 bits per heavy atom. The maximum absolute atomic E-state index is 9.88. The molecule has 2 rings (SSSR count). The van der Waals surface area contributed by atoms with E-state index in [1.165, 1.54) is 19.3 Å². The Kier molecular flexibility index (Phi) is 4.81. The summed E-state index contributed by atoms with van der Waals surface area (Å²) >= 11 is 0. The molecular weight excluding hydrogens is 236 g/mol. The molecule has 0 bridgehead atoms. The molecule has 2 heterocycles. The van der Waals surface area contributed by atoms with E-state index >= 15 is 0 Å². The van der Waals surface area contributed by atoms with Gasteiger partial charge in [-0.3, -0.25) is 0 Å². The van der Waals surface area contributed by atoms with Crippen LogP contribution in [0.15, 0.2) is 18.3 Å². The van der Waals surface area contributed by atoms with Crippen LogP contribution in [0.4, 0.5) is 5.82 Å². The molecule has 1 aliphatic heterocycles. The highest BCUT2D eigenvalue weighted by Crippen LogP contribution is 2.29. The second kappa shape index (κ2) is 6.38. The Hall–Kier alpha value is -1.09. The summed E-state index contributed by atoms with van der Waals surface area (Å²) in [6, 6.07) is 3.89. The molecule has 3 heteroatoms. The molecule has 1 aromatic rings. The summed E-state index contributed by atoms with van der Waals surface area (Å²) < 4.78 is 0. The van der Waals surface area contributed by atoms with E-state index in [2.05, 4.69) is 23.7 Å². The van der Waals surface area contributed by atoms with Gasteiger partial charge in [-0.25, -0.2) is 4.98 Å². The van der Waals surface area contributed by atoms with Crippen molar-refractivity contribution >= 4 is 5.82 Å². The Balaban J connectivity index is 2.14. The summed E-state index contributed by atoms with van der Waals surface area (Å²) in [5, 5.41) is 9.88. The third kappa shape index (κ3) is 3.47. The van der Waals surface area contributed by atoms with Crippen molar-refractivity contribution in [1.29, 1.82) is 0 Å². The maximum atomic E-state index is 9.88. The van der Waals surface area contributed by atoms with Gasteiger partial charge in [0, 0.05) is 24.8 Å². The number of aromatic nitrogens is 1. The number of anilines is 1. The van der Waals surface area contributed by atoms with E-state index in [1.807, 2.05) is 25.3 Å². The summed E-state index contributed by atoms with van der Waals surface area (Å²) in [6.45, 7) is 8.57. The van der Waals surface area contributed by atoms with E-state index in [0.29, 0.717) is 0 Å². The molecule has 0 amide bonds. The zero-order chi connectivity index (χ0) is 13.8. The van der Waals surface area contributed by atoms with Crippen LogP contribution in [-0.4, -0.2) is 23.2 Å². The van der Waals surface area contributed by atoms with E-state index in [9.17, 15) is 5.11 Å². The lowest BCUT2D eigenvalue weighted by atomic mass is 9.89. The van der Waals surface area contributed by atoms with E-state index in [1.54, 1.807) is 0 Å². The van der Waals surface area contributed by atoms with E-state index in [-0.39, 0.29) is 0 Å². The zero-order valence-electron chi connectivity index (χ0n) is 12.3. The molecule has 0 radical (unpaired) electrons. The second-order valence-electron chi connectivity index (χ2n) is 6.01. The van der Waals surface area contributed by atoms with Crippen molar-refractivity contribution in [2.45, 2.75) is 46.1 Å². The normalized spacial score (nSPS) is 22.4. The SMILES string of the molecule is CC(O)c1cccnc1N1CCCC(C(C)C)CC1. The first-order valence-corrected chi connectivity index (χ1v) is 7.47. The highest BCUT2D eigenvalue weighted by atomic mass is 16.3. The zero-order valence-corrected chi connectivity index (χ0v) is 12.3. The molecule has 1 aliphatic rings. The predicted molar refractivity (Wildman–Crippen MR) is 79.3 cm³/mol. The number of aliphatic hydroxyl groups is 1. The van der Waals surface area contributed by atoms with Crippen LogP contribution in [0.3, 0.4) is 0 Å². The molecule has 2 unspecified atom stereocenters. The number of hydrogen-bond acceptors (Lipinski definition) is 3. The first-order chi connectivity index (χ1) is 9.09. The number of hydrogen-bond donors (Lipinski definition) is 1. The molecular formula is C16H26N2O. The van der Waals surface area contributed by atoms with Gasteiger partial charge in [0.15, 0.2) is 0 Å². The highest BCUT2D eigenvalue weighted by Gasteiger charge is 2.22. The lowest BCUT2D eigenvalue weighted by Gasteiger charge is -2.25. The fourth-order valence-electron chi connectivity index (χ4n) is 3.00. The molecule has 0 aliphatic carbocycles. The standard InChI is InChI=1S/C16H26N2O/c1-12(2)14-6-5-10-18(11-8-14)16-15(13(3)19)7-4-9-17-16/h4,7,9,12-14,19H,5-6,8,10-11H2,1-3H3. The fraction of sp³-hybridized carbons (Fsp3) is 0.688. The highest BCUT2D eigenvalue weighted by molar-refractivity contribution is 5.47. The van der Waals surface area contributed by atoms with Crippen LogP contribution in [0.1, 0.15) is 51.7 Å². The van der Waals surface area contributed by atoms with Gasteiger partial charge in [-0.2, -0.15) is 0 Å². The average molecular weight is 262 g/mol. The van der Waals surface area contributed by atoms with Crippen LogP contribution < -0.4 is 4.90 Å². The molecule has 1 N–H and O–H groups in total. The van der Waals surface area contributed by atoms with E-state index < -0.39 is 6.10 Å². The van der Waals surface area contributed by atoms with Gasteiger partial charge in [-0.15, -0.1) is 0 Å². The molecule has 3 nitrogen and oxygen atoms in total. The van der Waals surface area contributed by atoms with Crippen molar-refractivity contribution in [1.82, 2.24) is 4.98 Å². The van der Waals surface area contributed by atoms with Crippen molar-refractivity contribution in [3.05, 3.63) is 23.9 Å². The number of rotatable bonds is 3. The van der Waals surface area contributed by atoms with Crippen LogP contribution in [0.5, 0.6) is 0 Å². The van der Waals surface area contributed by atoms with Gasteiger partial charge >= 0.3 is 0 Å². The summed E-state index contributed by atoms with van der Waals surface area (Å²) in [5.74, 6) is 2.56. The lowest BCUT2D eigenvalue weighted by molar-refractivity contribution is 0.199. The fourth-order valence-corrected chi connectivity index (χ4v) is 3.00. The van der Waals surface area contributed by atoms with Gasteiger partial charge in [0.1, 0.15) is 5.82 Å². The number of aliphatic hydroxyl groups excluding tert-OH is 1. The third-order valence-electron chi connectivity index (χ3n) is 4.28. The van der Waals surface area contributed by atoms with E-state index in [0.717, 1.165) is 36.3 Å². The van der Waals surface area contributed by atoms with Crippen molar-refractivity contribution in [3.63, 3.8) is 0 Å². The van der Waals surface area contributed by atoms with Crippen molar-refractivity contribution < 1.29 is 5.11 Å². The summed E-state index contributed by atoms with van der Waals surface area (Å²) in [6.07, 6.45) is 5.14. The monoisotopic (exact) mass is 262 g/mol. The maximum Gasteiger partial charge on any atom is 0.134 e. The minimum absolute atomic E-state index is 0.451. The Labute approximate surface area is 116 Å².